The van der Waals surface area contributed by atoms with Gasteiger partial charge in [0.2, 0.25) is 11.8 Å². The summed E-state index contributed by atoms with van der Waals surface area (Å²) in [5.41, 5.74) is 0.994. The summed E-state index contributed by atoms with van der Waals surface area (Å²) < 4.78 is 16.0. The Bertz CT molecular complexity index is 774. The van der Waals surface area contributed by atoms with Crippen LogP contribution in [0.3, 0.4) is 0 Å². The zero-order chi connectivity index (χ0) is 18.7. The van der Waals surface area contributed by atoms with Crippen LogP contribution in [-0.2, 0) is 11.2 Å². The van der Waals surface area contributed by atoms with E-state index in [1.807, 2.05) is 30.0 Å². The van der Waals surface area contributed by atoms with Crippen LogP contribution in [0.25, 0.3) is 0 Å². The zero-order valence-corrected chi connectivity index (χ0v) is 15.7. The lowest BCUT2D eigenvalue weighted by Crippen LogP contribution is -2.28. The van der Waals surface area contributed by atoms with Crippen molar-refractivity contribution < 1.29 is 18.8 Å². The lowest BCUT2D eigenvalue weighted by Gasteiger charge is -2.25. The molecule has 140 valence electrons. The van der Waals surface area contributed by atoms with Gasteiger partial charge in [0.15, 0.2) is 17.3 Å². The van der Waals surface area contributed by atoms with Crippen LogP contribution in [-0.4, -0.2) is 41.7 Å². The molecule has 1 aliphatic heterocycles. The minimum Gasteiger partial charge on any atom is -0.493 e. The number of aromatic nitrogens is 2. The van der Waals surface area contributed by atoms with Gasteiger partial charge in [-0.3, -0.25) is 4.79 Å². The maximum absolute atomic E-state index is 12.6. The van der Waals surface area contributed by atoms with Gasteiger partial charge in [0.1, 0.15) is 0 Å². The van der Waals surface area contributed by atoms with Gasteiger partial charge in [-0.15, -0.1) is 0 Å². The number of nitrogens with zero attached hydrogens (tertiary/aromatic N) is 3. The van der Waals surface area contributed by atoms with Crippen molar-refractivity contribution in [2.75, 3.05) is 20.8 Å². The number of hydrogen-bond donors (Lipinski definition) is 0. The largest absolute Gasteiger partial charge is 0.493 e. The van der Waals surface area contributed by atoms with Crippen LogP contribution in [0, 0.1) is 0 Å². The number of aryl methyl sites for hydroxylation is 1. The molecular formula is C19H25N3O4. The molecule has 0 spiro atoms. The van der Waals surface area contributed by atoms with Crippen molar-refractivity contribution >= 4 is 5.91 Å². The molecule has 2 heterocycles. The molecule has 1 aromatic carbocycles. The third kappa shape index (κ3) is 3.52. The molecule has 1 aliphatic rings. The molecule has 1 fully saturated rings. The van der Waals surface area contributed by atoms with Crippen LogP contribution in [0.15, 0.2) is 22.7 Å². The van der Waals surface area contributed by atoms with Crippen LogP contribution < -0.4 is 9.47 Å². The first-order chi connectivity index (χ1) is 12.6. The fraction of sp³-hybridized carbons (Fsp3) is 0.526. The van der Waals surface area contributed by atoms with Crippen molar-refractivity contribution in [1.82, 2.24) is 15.0 Å². The van der Waals surface area contributed by atoms with E-state index < -0.39 is 0 Å². The van der Waals surface area contributed by atoms with Crippen molar-refractivity contribution in [3.05, 3.63) is 35.5 Å². The fourth-order valence-electron chi connectivity index (χ4n) is 3.32. The van der Waals surface area contributed by atoms with Crippen LogP contribution >= 0.6 is 0 Å². The van der Waals surface area contributed by atoms with Crippen LogP contribution in [0.2, 0.25) is 0 Å². The molecule has 1 aromatic heterocycles. The summed E-state index contributed by atoms with van der Waals surface area (Å²) in [5, 5.41) is 4.00. The third-order valence-electron chi connectivity index (χ3n) is 4.82. The highest BCUT2D eigenvalue weighted by Gasteiger charge is 2.37. The van der Waals surface area contributed by atoms with Gasteiger partial charge in [-0.2, -0.15) is 4.98 Å². The van der Waals surface area contributed by atoms with E-state index in [2.05, 4.69) is 17.1 Å². The summed E-state index contributed by atoms with van der Waals surface area (Å²) in [4.78, 5) is 18.9. The summed E-state index contributed by atoms with van der Waals surface area (Å²) in [6.45, 7) is 4.65. The molecule has 0 aliphatic carbocycles. The Hall–Kier alpha value is -2.57. The topological polar surface area (TPSA) is 77.7 Å². The molecule has 7 heteroatoms. The number of carbonyl (C=O) groups is 1. The van der Waals surface area contributed by atoms with E-state index in [4.69, 9.17) is 14.0 Å². The van der Waals surface area contributed by atoms with Crippen LogP contribution in [0.5, 0.6) is 11.5 Å². The van der Waals surface area contributed by atoms with Gasteiger partial charge in [-0.25, -0.2) is 0 Å². The van der Waals surface area contributed by atoms with Crippen molar-refractivity contribution in [2.24, 2.45) is 0 Å². The Morgan fingerprint density at radius 2 is 2.08 bits per heavy atom. The lowest BCUT2D eigenvalue weighted by molar-refractivity contribution is -0.129. The first-order valence-electron chi connectivity index (χ1n) is 8.91. The molecule has 2 atom stereocenters. The van der Waals surface area contributed by atoms with E-state index in [0.29, 0.717) is 36.2 Å². The summed E-state index contributed by atoms with van der Waals surface area (Å²) in [6, 6.07) is 5.65. The quantitative estimate of drug-likeness (QED) is 0.756. The number of carbonyl (C=O) groups excluding carboxylic acids is 1. The molecule has 0 saturated carbocycles. The Morgan fingerprint density at radius 3 is 2.77 bits per heavy atom. The van der Waals surface area contributed by atoms with Gasteiger partial charge in [0, 0.05) is 19.4 Å². The average molecular weight is 359 g/mol. The molecular weight excluding hydrogens is 334 g/mol. The molecule has 1 amide bonds. The molecule has 0 bridgehead atoms. The van der Waals surface area contributed by atoms with Gasteiger partial charge < -0.3 is 18.9 Å². The molecule has 0 radical (unpaired) electrons. The first kappa shape index (κ1) is 18.2. The second-order valence-electron chi connectivity index (χ2n) is 6.54. The number of hydrogen-bond acceptors (Lipinski definition) is 6. The maximum Gasteiger partial charge on any atom is 0.232 e. The fourth-order valence-corrected chi connectivity index (χ4v) is 3.32. The minimum absolute atomic E-state index is 0.0526. The van der Waals surface area contributed by atoms with E-state index in [9.17, 15) is 4.79 Å². The van der Waals surface area contributed by atoms with Crippen molar-refractivity contribution in [3.63, 3.8) is 0 Å². The monoisotopic (exact) mass is 359 g/mol. The first-order valence-corrected chi connectivity index (χ1v) is 8.91. The Kier molecular flexibility index (Phi) is 5.44. The van der Waals surface area contributed by atoms with Gasteiger partial charge in [0.05, 0.1) is 26.2 Å². The smallest absolute Gasteiger partial charge is 0.232 e. The van der Waals surface area contributed by atoms with Crippen molar-refractivity contribution in [3.8, 4) is 11.5 Å². The van der Waals surface area contributed by atoms with Gasteiger partial charge in [-0.1, -0.05) is 18.1 Å². The highest BCUT2D eigenvalue weighted by Crippen LogP contribution is 2.36. The number of rotatable bonds is 7. The number of methoxy groups -OCH3 is 2. The zero-order valence-electron chi connectivity index (χ0n) is 15.7. The summed E-state index contributed by atoms with van der Waals surface area (Å²) >= 11 is 0. The minimum atomic E-state index is -0.0784. The summed E-state index contributed by atoms with van der Waals surface area (Å²) in [7, 11) is 3.21. The Labute approximate surface area is 153 Å². The number of amides is 1. The molecule has 3 rings (SSSR count). The van der Waals surface area contributed by atoms with Crippen molar-refractivity contribution in [1.29, 1.82) is 0 Å². The Balaban J connectivity index is 1.75. The Morgan fingerprint density at radius 1 is 1.31 bits per heavy atom. The molecule has 26 heavy (non-hydrogen) atoms. The summed E-state index contributed by atoms with van der Waals surface area (Å²) in [6.07, 6.45) is 2.15. The molecule has 0 N–H and O–H groups in total. The van der Waals surface area contributed by atoms with Crippen LogP contribution in [0.4, 0.5) is 0 Å². The summed E-state index contributed by atoms with van der Waals surface area (Å²) in [5.74, 6) is 2.63. The van der Waals surface area contributed by atoms with Crippen LogP contribution in [0.1, 0.15) is 55.9 Å². The van der Waals surface area contributed by atoms with Gasteiger partial charge >= 0.3 is 0 Å². The predicted octanol–water partition coefficient (Wildman–Crippen LogP) is 3.12. The van der Waals surface area contributed by atoms with E-state index in [1.54, 1.807) is 14.2 Å². The number of benzene rings is 1. The predicted molar refractivity (Wildman–Crippen MR) is 95.3 cm³/mol. The van der Waals surface area contributed by atoms with E-state index in [1.165, 1.54) is 0 Å². The standard InChI is InChI=1S/C19H25N3O4/c1-5-6-17-20-19(26-21-17)14-10-18(23)22(11-14)12(2)13-7-8-15(24-3)16(9-13)25-4/h7-9,12,14H,5-6,10-11H2,1-4H3. The highest BCUT2D eigenvalue weighted by molar-refractivity contribution is 5.80. The highest BCUT2D eigenvalue weighted by atomic mass is 16.5. The van der Waals surface area contributed by atoms with E-state index >= 15 is 0 Å². The molecule has 7 nitrogen and oxygen atoms in total. The molecule has 2 aromatic rings. The average Bonchev–Trinajstić information content (AvgIpc) is 3.27. The maximum atomic E-state index is 12.6. The van der Waals surface area contributed by atoms with Crippen molar-refractivity contribution in [2.45, 2.75) is 45.1 Å². The van der Waals surface area contributed by atoms with E-state index in [-0.39, 0.29) is 17.9 Å². The van der Waals surface area contributed by atoms with Gasteiger partial charge in [-0.05, 0) is 31.0 Å². The molecule has 2 unspecified atom stereocenters. The normalized spacial score (nSPS) is 18.2. The third-order valence-corrected chi connectivity index (χ3v) is 4.82. The van der Waals surface area contributed by atoms with Gasteiger partial charge in [0.25, 0.3) is 0 Å². The molecule has 1 saturated heterocycles. The number of likely N-dealkylation sites (tertiary alicyclic amines) is 1. The number of ether oxygens (including phenoxy) is 2. The SMILES string of the molecule is CCCc1noc(C2CC(=O)N(C(C)c3ccc(OC)c(OC)c3)C2)n1. The second-order valence-corrected chi connectivity index (χ2v) is 6.54. The van der Waals surface area contributed by atoms with E-state index in [0.717, 1.165) is 18.4 Å². The second kappa shape index (κ2) is 7.76. The lowest BCUT2D eigenvalue weighted by atomic mass is 10.1.